The molecule has 3 atom stereocenters. The van der Waals surface area contributed by atoms with Crippen molar-refractivity contribution < 1.29 is 0 Å². The standard InChI is InChI=1S/C14H27N3/c1-6-11(3)14(15-5)10-13-8-9-17(16-13)12(4)7-2/h8-9,11-12,14-15H,6-7,10H2,1-5H3. The van der Waals surface area contributed by atoms with Crippen molar-refractivity contribution >= 4 is 0 Å². The minimum absolute atomic E-state index is 0.500. The van der Waals surface area contributed by atoms with E-state index in [9.17, 15) is 0 Å². The maximum atomic E-state index is 4.66. The van der Waals surface area contributed by atoms with E-state index < -0.39 is 0 Å². The summed E-state index contributed by atoms with van der Waals surface area (Å²) in [5.74, 6) is 0.689. The molecule has 17 heavy (non-hydrogen) atoms. The van der Waals surface area contributed by atoms with E-state index in [0.717, 1.165) is 12.8 Å². The zero-order valence-corrected chi connectivity index (χ0v) is 11.9. The number of hydrogen-bond acceptors (Lipinski definition) is 2. The lowest BCUT2D eigenvalue weighted by molar-refractivity contribution is 0.380. The predicted molar refractivity (Wildman–Crippen MR) is 73.2 cm³/mol. The first-order valence-corrected chi connectivity index (χ1v) is 6.83. The van der Waals surface area contributed by atoms with Gasteiger partial charge < -0.3 is 5.32 Å². The van der Waals surface area contributed by atoms with Crippen LogP contribution >= 0.6 is 0 Å². The van der Waals surface area contributed by atoms with Gasteiger partial charge in [0.25, 0.3) is 0 Å². The Kier molecular flexibility index (Phi) is 5.69. The summed E-state index contributed by atoms with van der Waals surface area (Å²) in [6.07, 6.45) is 5.46. The third-order valence-corrected chi connectivity index (χ3v) is 3.84. The third-order valence-electron chi connectivity index (χ3n) is 3.84. The van der Waals surface area contributed by atoms with Crippen molar-refractivity contribution in [3.05, 3.63) is 18.0 Å². The van der Waals surface area contributed by atoms with Crippen molar-refractivity contribution in [2.45, 2.75) is 59.0 Å². The van der Waals surface area contributed by atoms with Gasteiger partial charge in [-0.2, -0.15) is 5.10 Å². The molecule has 3 heteroatoms. The quantitative estimate of drug-likeness (QED) is 0.790. The Balaban J connectivity index is 2.64. The average Bonchev–Trinajstić information content (AvgIpc) is 2.82. The molecule has 3 nitrogen and oxygen atoms in total. The van der Waals surface area contributed by atoms with Crippen LogP contribution in [0.25, 0.3) is 0 Å². The Morgan fingerprint density at radius 2 is 2.00 bits per heavy atom. The molecule has 0 aromatic carbocycles. The summed E-state index contributed by atoms with van der Waals surface area (Å²) in [5.41, 5.74) is 1.20. The molecular weight excluding hydrogens is 210 g/mol. The van der Waals surface area contributed by atoms with Crippen molar-refractivity contribution in [1.82, 2.24) is 15.1 Å². The molecule has 98 valence electrons. The molecule has 1 heterocycles. The Labute approximate surface area is 106 Å². The molecule has 3 unspecified atom stereocenters. The largest absolute Gasteiger partial charge is 0.316 e. The van der Waals surface area contributed by atoms with Crippen molar-refractivity contribution in [2.75, 3.05) is 7.05 Å². The minimum atomic E-state index is 0.500. The van der Waals surface area contributed by atoms with Gasteiger partial charge in [-0.25, -0.2) is 0 Å². The molecule has 1 N–H and O–H groups in total. The SMILES string of the molecule is CCC(C)C(Cc1ccn(C(C)CC)n1)NC. The van der Waals surface area contributed by atoms with E-state index in [1.165, 1.54) is 12.1 Å². The summed E-state index contributed by atoms with van der Waals surface area (Å²) in [7, 11) is 2.04. The smallest absolute Gasteiger partial charge is 0.0640 e. The highest BCUT2D eigenvalue weighted by atomic mass is 15.3. The molecule has 1 aromatic heterocycles. The lowest BCUT2D eigenvalue weighted by Gasteiger charge is -2.21. The fraction of sp³-hybridized carbons (Fsp3) is 0.786. The normalized spacial score (nSPS) is 16.8. The van der Waals surface area contributed by atoms with Gasteiger partial charge >= 0.3 is 0 Å². The van der Waals surface area contributed by atoms with Crippen LogP contribution in [0.15, 0.2) is 12.3 Å². The van der Waals surface area contributed by atoms with Crippen LogP contribution < -0.4 is 5.32 Å². The van der Waals surface area contributed by atoms with Gasteiger partial charge in [0.1, 0.15) is 0 Å². The van der Waals surface area contributed by atoms with Gasteiger partial charge in [0, 0.05) is 24.7 Å². The van der Waals surface area contributed by atoms with Crippen LogP contribution in [0, 0.1) is 5.92 Å². The summed E-state index contributed by atoms with van der Waals surface area (Å²) in [6, 6.07) is 3.18. The van der Waals surface area contributed by atoms with Crippen molar-refractivity contribution in [3.8, 4) is 0 Å². The van der Waals surface area contributed by atoms with E-state index in [1.807, 2.05) is 7.05 Å². The molecule has 0 aliphatic heterocycles. The molecule has 1 rings (SSSR count). The molecular formula is C14H27N3. The van der Waals surface area contributed by atoms with Gasteiger partial charge in [0.05, 0.1) is 5.69 Å². The number of aromatic nitrogens is 2. The Hall–Kier alpha value is -0.830. The van der Waals surface area contributed by atoms with Crippen LogP contribution in [0.5, 0.6) is 0 Å². The zero-order valence-electron chi connectivity index (χ0n) is 11.9. The van der Waals surface area contributed by atoms with Crippen LogP contribution in [0.3, 0.4) is 0 Å². The average molecular weight is 237 g/mol. The Morgan fingerprint density at radius 3 is 2.53 bits per heavy atom. The highest BCUT2D eigenvalue weighted by Gasteiger charge is 2.16. The monoisotopic (exact) mass is 237 g/mol. The molecule has 0 radical (unpaired) electrons. The van der Waals surface area contributed by atoms with Crippen LogP contribution in [0.1, 0.15) is 52.3 Å². The van der Waals surface area contributed by atoms with Gasteiger partial charge in [0.2, 0.25) is 0 Å². The van der Waals surface area contributed by atoms with Crippen LogP contribution in [-0.2, 0) is 6.42 Å². The van der Waals surface area contributed by atoms with Crippen molar-refractivity contribution in [2.24, 2.45) is 5.92 Å². The van der Waals surface area contributed by atoms with Gasteiger partial charge in [-0.1, -0.05) is 27.2 Å². The van der Waals surface area contributed by atoms with Crippen LogP contribution in [0.4, 0.5) is 0 Å². The van der Waals surface area contributed by atoms with E-state index >= 15 is 0 Å². The topological polar surface area (TPSA) is 29.9 Å². The molecule has 0 aliphatic rings. The summed E-state index contributed by atoms with van der Waals surface area (Å²) in [5, 5.41) is 8.07. The molecule has 0 saturated heterocycles. The lowest BCUT2D eigenvalue weighted by atomic mass is 9.95. The zero-order chi connectivity index (χ0) is 12.8. The number of rotatable bonds is 7. The number of likely N-dealkylation sites (N-methyl/N-ethyl adjacent to an activating group) is 1. The lowest BCUT2D eigenvalue weighted by Crippen LogP contribution is -2.34. The predicted octanol–water partition coefficient (Wildman–Crippen LogP) is 3.03. The maximum Gasteiger partial charge on any atom is 0.0640 e. The number of nitrogens with zero attached hydrogens (tertiary/aromatic N) is 2. The molecule has 0 saturated carbocycles. The summed E-state index contributed by atoms with van der Waals surface area (Å²) in [4.78, 5) is 0. The van der Waals surface area contributed by atoms with Crippen molar-refractivity contribution in [1.29, 1.82) is 0 Å². The second kappa shape index (κ2) is 6.80. The Morgan fingerprint density at radius 1 is 1.29 bits per heavy atom. The second-order valence-electron chi connectivity index (χ2n) is 5.03. The van der Waals surface area contributed by atoms with Gasteiger partial charge in [-0.15, -0.1) is 0 Å². The van der Waals surface area contributed by atoms with Crippen LogP contribution in [0.2, 0.25) is 0 Å². The molecule has 0 aliphatic carbocycles. The highest BCUT2D eigenvalue weighted by molar-refractivity contribution is 5.02. The number of hydrogen-bond donors (Lipinski definition) is 1. The number of nitrogens with one attached hydrogen (secondary N) is 1. The summed E-state index contributed by atoms with van der Waals surface area (Å²) in [6.45, 7) is 8.95. The first-order chi connectivity index (χ1) is 8.12. The Bertz CT molecular complexity index is 319. The van der Waals surface area contributed by atoms with Gasteiger partial charge in [-0.05, 0) is 32.4 Å². The van der Waals surface area contributed by atoms with E-state index in [4.69, 9.17) is 0 Å². The molecule has 0 fully saturated rings. The molecule has 1 aromatic rings. The molecule has 0 spiro atoms. The first kappa shape index (κ1) is 14.2. The van der Waals surface area contributed by atoms with Gasteiger partial charge in [-0.3, -0.25) is 4.68 Å². The third kappa shape index (κ3) is 3.84. The van der Waals surface area contributed by atoms with Crippen molar-refractivity contribution in [3.63, 3.8) is 0 Å². The van der Waals surface area contributed by atoms with E-state index in [0.29, 0.717) is 18.0 Å². The van der Waals surface area contributed by atoms with E-state index in [1.54, 1.807) is 0 Å². The molecule has 0 bridgehead atoms. The fourth-order valence-electron chi connectivity index (χ4n) is 2.02. The van der Waals surface area contributed by atoms with Crippen LogP contribution in [-0.4, -0.2) is 22.9 Å². The fourth-order valence-corrected chi connectivity index (χ4v) is 2.02. The van der Waals surface area contributed by atoms with Gasteiger partial charge in [0.15, 0.2) is 0 Å². The minimum Gasteiger partial charge on any atom is -0.316 e. The first-order valence-electron chi connectivity index (χ1n) is 6.83. The molecule has 0 amide bonds. The highest BCUT2D eigenvalue weighted by Crippen LogP contribution is 2.14. The summed E-state index contributed by atoms with van der Waals surface area (Å²) >= 11 is 0. The maximum absolute atomic E-state index is 4.66. The second-order valence-corrected chi connectivity index (χ2v) is 5.03. The summed E-state index contributed by atoms with van der Waals surface area (Å²) < 4.78 is 2.08. The van der Waals surface area contributed by atoms with E-state index in [-0.39, 0.29) is 0 Å². The van der Waals surface area contributed by atoms with E-state index in [2.05, 4.69) is 55.1 Å².